The first-order valence-corrected chi connectivity index (χ1v) is 9.58. The smallest absolute Gasteiger partial charge is 0.356 e. The van der Waals surface area contributed by atoms with E-state index in [1.54, 1.807) is 0 Å². The maximum Gasteiger partial charge on any atom is 0.356 e. The fourth-order valence-corrected chi connectivity index (χ4v) is 4.21. The van der Waals surface area contributed by atoms with Crippen LogP contribution in [0.25, 0.3) is 10.9 Å². The van der Waals surface area contributed by atoms with E-state index in [9.17, 15) is 9.59 Å². The van der Waals surface area contributed by atoms with E-state index in [4.69, 9.17) is 4.74 Å². The van der Waals surface area contributed by atoms with Crippen LogP contribution in [0.2, 0.25) is 0 Å². The Morgan fingerprint density at radius 2 is 2.00 bits per heavy atom. The number of anilines is 1. The molecule has 140 valence electrons. The lowest BCUT2D eigenvalue weighted by atomic mass is 9.92. The van der Waals surface area contributed by atoms with E-state index in [0.717, 1.165) is 28.5 Å². The van der Waals surface area contributed by atoms with Crippen LogP contribution < -0.4 is 5.32 Å². The number of methoxy groups -OCH3 is 1. The molecule has 2 unspecified atom stereocenters. The highest BCUT2D eigenvalue weighted by molar-refractivity contribution is 9.10. The molecule has 0 radical (unpaired) electrons. The van der Waals surface area contributed by atoms with Gasteiger partial charge < -0.3 is 15.0 Å². The van der Waals surface area contributed by atoms with E-state index >= 15 is 0 Å². The van der Waals surface area contributed by atoms with Gasteiger partial charge in [0.2, 0.25) is 5.91 Å². The van der Waals surface area contributed by atoms with Crippen LogP contribution in [0, 0.1) is 11.8 Å². The average Bonchev–Trinajstić information content (AvgIpc) is 2.91. The van der Waals surface area contributed by atoms with Gasteiger partial charge >= 0.3 is 5.97 Å². The van der Waals surface area contributed by atoms with Crippen molar-refractivity contribution in [3.63, 3.8) is 0 Å². The van der Waals surface area contributed by atoms with E-state index < -0.39 is 5.97 Å². The minimum Gasteiger partial charge on any atom is -0.464 e. The minimum atomic E-state index is -0.507. The van der Waals surface area contributed by atoms with E-state index in [2.05, 4.69) is 45.0 Å². The monoisotopic (exact) mass is 421 g/mol. The van der Waals surface area contributed by atoms with Crippen molar-refractivity contribution in [2.75, 3.05) is 32.1 Å². The fraction of sp³-hybridized carbons (Fsp3) is 0.474. The van der Waals surface area contributed by atoms with Crippen molar-refractivity contribution >= 4 is 44.4 Å². The quantitative estimate of drug-likeness (QED) is 0.738. The number of aromatic nitrogens is 1. The molecule has 7 heteroatoms. The van der Waals surface area contributed by atoms with Gasteiger partial charge in [0.25, 0.3) is 0 Å². The standard InChI is InChI=1S/C19H24BrN3O3/c1-11-6-12(2)9-23(8-11)10-16(24)22-17-14-7-13(20)4-5-15(14)21-18(17)19(25)26-3/h4-5,7,11-12,21H,6,8-10H2,1-3H3,(H,22,24). The van der Waals surface area contributed by atoms with E-state index in [0.29, 0.717) is 24.1 Å². The lowest BCUT2D eigenvalue weighted by molar-refractivity contribution is -0.117. The first-order chi connectivity index (χ1) is 12.4. The number of aromatic amines is 1. The van der Waals surface area contributed by atoms with Crippen LogP contribution in [0.1, 0.15) is 30.8 Å². The number of nitrogens with zero attached hydrogens (tertiary/aromatic N) is 1. The summed E-state index contributed by atoms with van der Waals surface area (Å²) in [5.74, 6) is 0.535. The predicted octanol–water partition coefficient (Wildman–Crippen LogP) is 3.63. The maximum absolute atomic E-state index is 12.7. The normalized spacial score (nSPS) is 20.9. The number of carbonyl (C=O) groups excluding carboxylic acids is 2. The van der Waals surface area contributed by atoms with Gasteiger partial charge in [-0.15, -0.1) is 0 Å². The molecule has 1 saturated heterocycles. The number of carbonyl (C=O) groups is 2. The van der Waals surface area contributed by atoms with Crippen LogP contribution in [0.15, 0.2) is 22.7 Å². The number of hydrogen-bond donors (Lipinski definition) is 2. The number of halogens is 1. The summed E-state index contributed by atoms with van der Waals surface area (Å²) in [6, 6.07) is 5.61. The Morgan fingerprint density at radius 1 is 1.31 bits per heavy atom. The molecule has 1 fully saturated rings. The number of H-pyrrole nitrogens is 1. The van der Waals surface area contributed by atoms with Crippen LogP contribution in [-0.2, 0) is 9.53 Å². The second kappa shape index (κ2) is 7.80. The van der Waals surface area contributed by atoms with Gasteiger partial charge in [-0.3, -0.25) is 9.69 Å². The molecule has 1 aliphatic heterocycles. The SMILES string of the molecule is COC(=O)c1[nH]c2ccc(Br)cc2c1NC(=O)CN1CC(C)CC(C)C1. The number of amides is 1. The molecule has 2 aromatic rings. The molecule has 0 aliphatic carbocycles. The zero-order chi connectivity index (χ0) is 18.8. The average molecular weight is 422 g/mol. The first kappa shape index (κ1) is 18.9. The molecule has 2 heterocycles. The Balaban J connectivity index is 1.83. The van der Waals surface area contributed by atoms with Gasteiger partial charge in [-0.1, -0.05) is 29.8 Å². The van der Waals surface area contributed by atoms with Crippen molar-refractivity contribution in [1.29, 1.82) is 0 Å². The summed E-state index contributed by atoms with van der Waals surface area (Å²) in [6.07, 6.45) is 1.20. The van der Waals surface area contributed by atoms with Crippen LogP contribution in [0.4, 0.5) is 5.69 Å². The molecule has 1 amide bonds. The van der Waals surface area contributed by atoms with Gasteiger partial charge in [0, 0.05) is 28.5 Å². The van der Waals surface area contributed by atoms with Crippen molar-refractivity contribution in [2.45, 2.75) is 20.3 Å². The largest absolute Gasteiger partial charge is 0.464 e. The Hall–Kier alpha value is -1.86. The van der Waals surface area contributed by atoms with Crippen LogP contribution in [0.5, 0.6) is 0 Å². The lowest BCUT2D eigenvalue weighted by Gasteiger charge is -2.34. The summed E-state index contributed by atoms with van der Waals surface area (Å²) in [6.45, 7) is 6.58. The molecule has 1 aromatic carbocycles. The Kier molecular flexibility index (Phi) is 5.67. The molecule has 1 aliphatic rings. The molecule has 0 bridgehead atoms. The molecule has 3 rings (SSSR count). The predicted molar refractivity (Wildman–Crippen MR) is 105 cm³/mol. The number of ether oxygens (including phenoxy) is 1. The highest BCUT2D eigenvalue weighted by Crippen LogP contribution is 2.31. The Bertz CT molecular complexity index is 823. The number of fused-ring (bicyclic) bond motifs is 1. The topological polar surface area (TPSA) is 74.4 Å². The zero-order valence-electron chi connectivity index (χ0n) is 15.3. The number of esters is 1. The summed E-state index contributed by atoms with van der Waals surface area (Å²) < 4.78 is 5.72. The number of benzene rings is 1. The number of piperidine rings is 1. The summed E-state index contributed by atoms with van der Waals surface area (Å²) in [5, 5.41) is 3.69. The van der Waals surface area contributed by atoms with E-state index in [-0.39, 0.29) is 11.6 Å². The summed E-state index contributed by atoms with van der Waals surface area (Å²) in [5.41, 5.74) is 1.50. The highest BCUT2D eigenvalue weighted by atomic mass is 79.9. The summed E-state index contributed by atoms with van der Waals surface area (Å²) in [4.78, 5) is 30.0. The number of rotatable bonds is 4. The molecule has 1 aromatic heterocycles. The molecule has 6 nitrogen and oxygen atoms in total. The summed E-state index contributed by atoms with van der Waals surface area (Å²) >= 11 is 3.44. The van der Waals surface area contributed by atoms with Crippen molar-refractivity contribution in [1.82, 2.24) is 9.88 Å². The summed E-state index contributed by atoms with van der Waals surface area (Å²) in [7, 11) is 1.33. The van der Waals surface area contributed by atoms with Gasteiger partial charge in [-0.2, -0.15) is 0 Å². The molecule has 2 atom stereocenters. The Labute approximate surface area is 161 Å². The van der Waals surface area contributed by atoms with Crippen molar-refractivity contribution in [3.8, 4) is 0 Å². The molecule has 0 spiro atoms. The molecule has 26 heavy (non-hydrogen) atoms. The highest BCUT2D eigenvalue weighted by Gasteiger charge is 2.25. The van der Waals surface area contributed by atoms with E-state index in [1.165, 1.54) is 13.5 Å². The third kappa shape index (κ3) is 4.10. The maximum atomic E-state index is 12.7. The van der Waals surface area contributed by atoms with Crippen LogP contribution >= 0.6 is 15.9 Å². The number of likely N-dealkylation sites (tertiary alicyclic amines) is 1. The zero-order valence-corrected chi connectivity index (χ0v) is 16.9. The van der Waals surface area contributed by atoms with Crippen LogP contribution in [0.3, 0.4) is 0 Å². The minimum absolute atomic E-state index is 0.127. The first-order valence-electron chi connectivity index (χ1n) is 8.79. The van der Waals surface area contributed by atoms with Gasteiger partial charge in [-0.05, 0) is 36.5 Å². The van der Waals surface area contributed by atoms with Crippen LogP contribution in [-0.4, -0.2) is 48.5 Å². The fourth-order valence-electron chi connectivity index (χ4n) is 3.85. The number of hydrogen-bond acceptors (Lipinski definition) is 4. The van der Waals surface area contributed by atoms with Crippen molar-refractivity contribution in [2.24, 2.45) is 11.8 Å². The van der Waals surface area contributed by atoms with Gasteiger partial charge in [0.1, 0.15) is 5.69 Å². The third-order valence-electron chi connectivity index (χ3n) is 4.73. The third-order valence-corrected chi connectivity index (χ3v) is 5.22. The molecule has 2 N–H and O–H groups in total. The van der Waals surface area contributed by atoms with Gasteiger partial charge in [0.15, 0.2) is 0 Å². The molecular formula is C19H24BrN3O3. The Morgan fingerprint density at radius 3 is 2.65 bits per heavy atom. The lowest BCUT2D eigenvalue weighted by Crippen LogP contribution is -2.42. The molecular weight excluding hydrogens is 398 g/mol. The van der Waals surface area contributed by atoms with Crippen molar-refractivity contribution < 1.29 is 14.3 Å². The van der Waals surface area contributed by atoms with E-state index in [1.807, 2.05) is 18.2 Å². The second-order valence-electron chi connectivity index (χ2n) is 7.24. The van der Waals surface area contributed by atoms with Crippen molar-refractivity contribution in [3.05, 3.63) is 28.4 Å². The number of nitrogens with one attached hydrogen (secondary N) is 2. The van der Waals surface area contributed by atoms with Gasteiger partial charge in [0.05, 0.1) is 19.3 Å². The second-order valence-corrected chi connectivity index (χ2v) is 8.16. The molecule has 0 saturated carbocycles. The van der Waals surface area contributed by atoms with Gasteiger partial charge in [-0.25, -0.2) is 4.79 Å².